The van der Waals surface area contributed by atoms with Gasteiger partial charge in [-0.3, -0.25) is 0 Å². The highest BCUT2D eigenvalue weighted by Crippen LogP contribution is 2.30. The number of rotatable bonds is 5. The van der Waals surface area contributed by atoms with E-state index < -0.39 is 15.6 Å². The number of nitrogens with two attached hydrogens (primary N) is 1. The van der Waals surface area contributed by atoms with Crippen molar-refractivity contribution in [3.63, 3.8) is 0 Å². The van der Waals surface area contributed by atoms with Gasteiger partial charge in [0.05, 0.1) is 4.90 Å². The van der Waals surface area contributed by atoms with Gasteiger partial charge in [-0.05, 0) is 53.9 Å². The summed E-state index contributed by atoms with van der Waals surface area (Å²) in [6.07, 6.45) is 0.737. The molecule has 0 amide bonds. The van der Waals surface area contributed by atoms with E-state index in [4.69, 9.17) is 5.73 Å². The van der Waals surface area contributed by atoms with Crippen LogP contribution < -0.4 is 5.73 Å². The molecular formula is C13H21BrN2O2S. The Morgan fingerprint density at radius 1 is 1.37 bits per heavy atom. The lowest BCUT2D eigenvalue weighted by Crippen LogP contribution is -2.44. The Hall–Kier alpha value is -0.430. The zero-order chi connectivity index (χ0) is 14.8. The Morgan fingerprint density at radius 2 is 1.95 bits per heavy atom. The van der Waals surface area contributed by atoms with Gasteiger partial charge in [-0.25, -0.2) is 8.42 Å². The number of hydrogen-bond acceptors (Lipinski definition) is 3. The van der Waals surface area contributed by atoms with Crippen LogP contribution in [0.5, 0.6) is 0 Å². The first-order chi connectivity index (χ1) is 8.66. The third-order valence-electron chi connectivity index (χ3n) is 3.59. The van der Waals surface area contributed by atoms with Crippen LogP contribution in [0.2, 0.25) is 0 Å². The predicted octanol–water partition coefficient (Wildman–Crippen LogP) is 2.72. The maximum Gasteiger partial charge on any atom is 0.244 e. The van der Waals surface area contributed by atoms with Crippen LogP contribution in [0.25, 0.3) is 0 Å². The summed E-state index contributed by atoms with van der Waals surface area (Å²) in [6, 6.07) is 5.09. The fourth-order valence-electron chi connectivity index (χ4n) is 1.58. The van der Waals surface area contributed by atoms with E-state index in [0.717, 1.165) is 12.0 Å². The molecule has 1 aromatic carbocycles. The van der Waals surface area contributed by atoms with Crippen molar-refractivity contribution in [3.05, 3.63) is 28.2 Å². The zero-order valence-electron chi connectivity index (χ0n) is 11.8. The second-order valence-corrected chi connectivity index (χ2v) is 7.90. The lowest BCUT2D eigenvalue weighted by Gasteiger charge is -2.34. The molecule has 1 rings (SSSR count). The first-order valence-electron chi connectivity index (χ1n) is 6.14. The Morgan fingerprint density at radius 3 is 2.37 bits per heavy atom. The predicted molar refractivity (Wildman–Crippen MR) is 81.4 cm³/mol. The summed E-state index contributed by atoms with van der Waals surface area (Å²) in [4.78, 5) is 0.272. The van der Waals surface area contributed by atoms with Crippen LogP contribution in [0.3, 0.4) is 0 Å². The van der Waals surface area contributed by atoms with Crippen LogP contribution in [0.15, 0.2) is 27.6 Å². The van der Waals surface area contributed by atoms with E-state index in [1.54, 1.807) is 25.2 Å². The normalized spacial score (nSPS) is 13.0. The van der Waals surface area contributed by atoms with Gasteiger partial charge in [0.2, 0.25) is 10.0 Å². The average molecular weight is 349 g/mol. The summed E-state index contributed by atoms with van der Waals surface area (Å²) in [7, 11) is -1.91. The van der Waals surface area contributed by atoms with E-state index >= 15 is 0 Å². The van der Waals surface area contributed by atoms with Gasteiger partial charge in [0, 0.05) is 23.6 Å². The fraction of sp³-hybridized carbons (Fsp3) is 0.538. The molecule has 0 heterocycles. The Labute approximate surface area is 124 Å². The van der Waals surface area contributed by atoms with Crippen molar-refractivity contribution >= 4 is 26.0 Å². The molecule has 0 saturated carbocycles. The summed E-state index contributed by atoms with van der Waals surface area (Å²) in [5.74, 6) is 0. The Bertz CT molecular complexity index is 556. The molecule has 19 heavy (non-hydrogen) atoms. The van der Waals surface area contributed by atoms with Gasteiger partial charge in [0.25, 0.3) is 0 Å². The minimum atomic E-state index is -3.52. The van der Waals surface area contributed by atoms with Crippen LogP contribution in [0.4, 0.5) is 0 Å². The van der Waals surface area contributed by atoms with Crippen molar-refractivity contribution in [3.8, 4) is 0 Å². The Balaban J connectivity index is 3.28. The molecule has 0 aliphatic heterocycles. The number of hydrogen-bond donors (Lipinski definition) is 1. The summed E-state index contributed by atoms with van der Waals surface area (Å²) >= 11 is 3.32. The number of benzene rings is 1. The third-order valence-corrected chi connectivity index (χ3v) is 6.63. The standard InChI is InChI=1S/C13H21BrN2O2S/c1-5-13(2,3)16(4)19(17,18)12-7-6-10(9-15)8-11(12)14/h6-8H,5,9,15H2,1-4H3. The van der Waals surface area contributed by atoms with Crippen molar-refractivity contribution < 1.29 is 8.42 Å². The highest BCUT2D eigenvalue weighted by molar-refractivity contribution is 9.10. The molecule has 0 unspecified atom stereocenters. The molecule has 0 aliphatic carbocycles. The van der Waals surface area contributed by atoms with Crippen molar-refractivity contribution in [2.45, 2.75) is 44.2 Å². The lowest BCUT2D eigenvalue weighted by molar-refractivity contribution is 0.257. The average Bonchev–Trinajstić information content (AvgIpc) is 2.37. The number of sulfonamides is 1. The number of nitrogens with zero attached hydrogens (tertiary/aromatic N) is 1. The smallest absolute Gasteiger partial charge is 0.244 e. The topological polar surface area (TPSA) is 63.4 Å². The van der Waals surface area contributed by atoms with Crippen LogP contribution in [-0.2, 0) is 16.6 Å². The van der Waals surface area contributed by atoms with Gasteiger partial charge in [-0.1, -0.05) is 13.0 Å². The molecule has 0 bridgehead atoms. The minimum absolute atomic E-state index is 0.272. The molecule has 0 spiro atoms. The van der Waals surface area contributed by atoms with Crippen molar-refractivity contribution in [2.24, 2.45) is 5.73 Å². The largest absolute Gasteiger partial charge is 0.326 e. The SMILES string of the molecule is CCC(C)(C)N(C)S(=O)(=O)c1ccc(CN)cc1Br. The summed E-state index contributed by atoms with van der Waals surface area (Å²) < 4.78 is 27.2. The first kappa shape index (κ1) is 16.6. The van der Waals surface area contributed by atoms with Gasteiger partial charge < -0.3 is 5.73 Å². The third kappa shape index (κ3) is 3.37. The zero-order valence-corrected chi connectivity index (χ0v) is 14.2. The van der Waals surface area contributed by atoms with Gasteiger partial charge >= 0.3 is 0 Å². The van der Waals surface area contributed by atoms with E-state index in [1.807, 2.05) is 20.8 Å². The molecule has 0 aromatic heterocycles. The molecular weight excluding hydrogens is 328 g/mol. The molecule has 0 radical (unpaired) electrons. The van der Waals surface area contributed by atoms with Crippen molar-refractivity contribution in [1.29, 1.82) is 0 Å². The molecule has 4 nitrogen and oxygen atoms in total. The molecule has 1 aromatic rings. The van der Waals surface area contributed by atoms with Crippen LogP contribution in [0, 0.1) is 0 Å². The lowest BCUT2D eigenvalue weighted by atomic mass is 10.0. The van der Waals surface area contributed by atoms with E-state index in [1.165, 1.54) is 4.31 Å². The van der Waals surface area contributed by atoms with Gasteiger partial charge in [-0.2, -0.15) is 4.31 Å². The summed E-state index contributed by atoms with van der Waals surface area (Å²) in [5.41, 5.74) is 6.01. The maximum atomic E-state index is 12.6. The highest BCUT2D eigenvalue weighted by atomic mass is 79.9. The van der Waals surface area contributed by atoms with Crippen LogP contribution >= 0.6 is 15.9 Å². The van der Waals surface area contributed by atoms with Gasteiger partial charge in [0.15, 0.2) is 0 Å². The van der Waals surface area contributed by atoms with E-state index in [9.17, 15) is 8.42 Å². The molecule has 0 atom stereocenters. The maximum absolute atomic E-state index is 12.6. The summed E-state index contributed by atoms with van der Waals surface area (Å²) in [5, 5.41) is 0. The first-order valence-corrected chi connectivity index (χ1v) is 8.37. The molecule has 6 heteroatoms. The van der Waals surface area contributed by atoms with Gasteiger partial charge in [0.1, 0.15) is 0 Å². The molecule has 2 N–H and O–H groups in total. The molecule has 0 saturated heterocycles. The summed E-state index contributed by atoms with van der Waals surface area (Å²) in [6.45, 7) is 6.17. The van der Waals surface area contributed by atoms with E-state index in [2.05, 4.69) is 15.9 Å². The highest BCUT2D eigenvalue weighted by Gasteiger charge is 2.33. The second kappa shape index (κ2) is 5.91. The van der Waals surface area contributed by atoms with Crippen molar-refractivity contribution in [2.75, 3.05) is 7.05 Å². The quantitative estimate of drug-likeness (QED) is 0.889. The number of halogens is 1. The fourth-order valence-corrected chi connectivity index (χ4v) is 4.24. The van der Waals surface area contributed by atoms with E-state index in [-0.39, 0.29) is 4.90 Å². The van der Waals surface area contributed by atoms with Crippen LogP contribution in [0.1, 0.15) is 32.8 Å². The van der Waals surface area contributed by atoms with Crippen molar-refractivity contribution in [1.82, 2.24) is 4.31 Å². The monoisotopic (exact) mass is 348 g/mol. The molecule has 0 aliphatic rings. The molecule has 108 valence electrons. The Kier molecular flexibility index (Phi) is 5.17. The second-order valence-electron chi connectivity index (χ2n) is 5.11. The molecule has 0 fully saturated rings. The van der Waals surface area contributed by atoms with Crippen LogP contribution in [-0.4, -0.2) is 25.3 Å². The minimum Gasteiger partial charge on any atom is -0.326 e. The van der Waals surface area contributed by atoms with Gasteiger partial charge in [-0.15, -0.1) is 0 Å². The van der Waals surface area contributed by atoms with E-state index in [0.29, 0.717) is 11.0 Å².